The van der Waals surface area contributed by atoms with Crippen LogP contribution in [0.2, 0.25) is 5.02 Å². The number of amides is 2. The number of anilines is 1. The minimum Gasteiger partial charge on any atom is -0.460 e. The Morgan fingerprint density at radius 3 is 2.53 bits per heavy atom. The minimum atomic E-state index is -1.27. The Hall–Kier alpha value is -2.36. The van der Waals surface area contributed by atoms with Crippen molar-refractivity contribution in [2.45, 2.75) is 58.1 Å². The summed E-state index contributed by atoms with van der Waals surface area (Å²) in [6.45, 7) is 10.0. The van der Waals surface area contributed by atoms with Crippen molar-refractivity contribution < 1.29 is 23.9 Å². The SMILES string of the molecule is Cc1cc(N2CCN(C(=O)CCC3(CC(=O)OC(C)(C)C)NCOCNC3=O)CC2)ccc1Cl. The first kappa shape index (κ1) is 26.2. The minimum absolute atomic E-state index is 0.0436. The van der Waals surface area contributed by atoms with E-state index in [1.165, 1.54) is 0 Å². The lowest BCUT2D eigenvalue weighted by Crippen LogP contribution is -2.57. The van der Waals surface area contributed by atoms with Crippen LogP contribution in [0.3, 0.4) is 0 Å². The molecule has 0 spiro atoms. The molecule has 1 unspecified atom stereocenters. The maximum Gasteiger partial charge on any atom is 0.308 e. The standard InChI is InChI=1S/C24H35ClN4O5/c1-17-13-18(5-6-19(17)25)28-9-11-29(12-10-28)20(30)7-8-24(14-21(31)34-23(2,3)4)22(32)26-15-33-16-27-24/h5-6,13,27H,7-12,14-16H2,1-4H3,(H,26,32). The van der Waals surface area contributed by atoms with Crippen LogP contribution in [0.1, 0.15) is 45.6 Å². The van der Waals surface area contributed by atoms with Gasteiger partial charge in [-0.05, 0) is 57.9 Å². The van der Waals surface area contributed by atoms with E-state index >= 15 is 0 Å². The summed E-state index contributed by atoms with van der Waals surface area (Å²) in [4.78, 5) is 42.5. The lowest BCUT2D eigenvalue weighted by atomic mass is 9.88. The van der Waals surface area contributed by atoms with Crippen LogP contribution in [0.15, 0.2) is 18.2 Å². The number of halogens is 1. The van der Waals surface area contributed by atoms with Crippen LogP contribution in [-0.2, 0) is 23.9 Å². The highest BCUT2D eigenvalue weighted by Crippen LogP contribution is 2.25. The first-order valence-corrected chi connectivity index (χ1v) is 12.0. The molecule has 1 aromatic rings. The summed E-state index contributed by atoms with van der Waals surface area (Å²) >= 11 is 6.14. The van der Waals surface area contributed by atoms with Gasteiger partial charge in [-0.2, -0.15) is 0 Å². The third-order valence-electron chi connectivity index (χ3n) is 6.05. The average Bonchev–Trinajstić information content (AvgIpc) is 2.94. The predicted molar refractivity (Wildman–Crippen MR) is 130 cm³/mol. The maximum absolute atomic E-state index is 13.0. The zero-order valence-corrected chi connectivity index (χ0v) is 21.2. The molecule has 9 nitrogen and oxygen atoms in total. The number of aryl methyl sites for hydroxylation is 1. The molecule has 2 amide bonds. The number of rotatable bonds is 6. The van der Waals surface area contributed by atoms with Crippen molar-refractivity contribution in [2.75, 3.05) is 44.5 Å². The summed E-state index contributed by atoms with van der Waals surface area (Å²) in [5.74, 6) is -0.918. The Balaban J connectivity index is 1.60. The van der Waals surface area contributed by atoms with Crippen LogP contribution in [0.25, 0.3) is 0 Å². The molecule has 0 aromatic heterocycles. The summed E-state index contributed by atoms with van der Waals surface area (Å²) in [6, 6.07) is 5.94. The first-order valence-electron chi connectivity index (χ1n) is 11.6. The summed E-state index contributed by atoms with van der Waals surface area (Å²) in [5.41, 5.74) is 0.168. The van der Waals surface area contributed by atoms with Gasteiger partial charge in [0.25, 0.3) is 0 Å². The number of carbonyl (C=O) groups is 3. The second kappa shape index (κ2) is 10.9. The van der Waals surface area contributed by atoms with Gasteiger partial charge in [0.15, 0.2) is 0 Å². The average molecular weight is 495 g/mol. The lowest BCUT2D eigenvalue weighted by Gasteiger charge is -2.37. The Morgan fingerprint density at radius 1 is 1.18 bits per heavy atom. The number of carbonyl (C=O) groups excluding carboxylic acids is 3. The van der Waals surface area contributed by atoms with Crippen molar-refractivity contribution in [3.63, 3.8) is 0 Å². The molecule has 34 heavy (non-hydrogen) atoms. The maximum atomic E-state index is 13.0. The number of benzene rings is 1. The van der Waals surface area contributed by atoms with Gasteiger partial charge in [-0.1, -0.05) is 11.6 Å². The first-order chi connectivity index (χ1) is 16.0. The van der Waals surface area contributed by atoms with Crippen LogP contribution in [-0.4, -0.2) is 73.5 Å². The molecule has 0 saturated carbocycles. The lowest BCUT2D eigenvalue weighted by molar-refractivity contribution is -0.159. The van der Waals surface area contributed by atoms with Crippen LogP contribution >= 0.6 is 11.6 Å². The number of hydrogen-bond acceptors (Lipinski definition) is 7. The fourth-order valence-electron chi connectivity index (χ4n) is 4.18. The van der Waals surface area contributed by atoms with Gasteiger partial charge < -0.3 is 24.6 Å². The van der Waals surface area contributed by atoms with Gasteiger partial charge >= 0.3 is 5.97 Å². The van der Waals surface area contributed by atoms with Crippen LogP contribution in [0.4, 0.5) is 5.69 Å². The van der Waals surface area contributed by atoms with Crippen LogP contribution < -0.4 is 15.5 Å². The molecule has 0 radical (unpaired) electrons. The number of ether oxygens (including phenoxy) is 2. The molecule has 0 bridgehead atoms. The molecule has 2 aliphatic rings. The molecule has 1 atom stereocenters. The van der Waals surface area contributed by atoms with Crippen molar-refractivity contribution in [2.24, 2.45) is 0 Å². The van der Waals surface area contributed by atoms with E-state index in [0.717, 1.165) is 16.3 Å². The normalized spacial score (nSPS) is 21.6. The van der Waals surface area contributed by atoms with Gasteiger partial charge in [0.2, 0.25) is 11.8 Å². The van der Waals surface area contributed by atoms with Crippen molar-refractivity contribution in [1.29, 1.82) is 0 Å². The van der Waals surface area contributed by atoms with E-state index in [9.17, 15) is 14.4 Å². The number of esters is 1. The molecule has 10 heteroatoms. The molecule has 1 aromatic carbocycles. The molecular weight excluding hydrogens is 460 g/mol. The van der Waals surface area contributed by atoms with Crippen molar-refractivity contribution >= 4 is 35.1 Å². The van der Waals surface area contributed by atoms with Crippen molar-refractivity contribution in [3.05, 3.63) is 28.8 Å². The molecule has 2 aliphatic heterocycles. The van der Waals surface area contributed by atoms with Gasteiger partial charge in [0.05, 0.1) is 13.2 Å². The number of hydrogen-bond donors (Lipinski definition) is 2. The zero-order valence-electron chi connectivity index (χ0n) is 20.4. The molecular formula is C24H35ClN4O5. The second-order valence-corrected chi connectivity index (χ2v) is 10.2. The second-order valence-electron chi connectivity index (χ2n) is 9.82. The highest BCUT2D eigenvalue weighted by Gasteiger charge is 2.43. The van der Waals surface area contributed by atoms with Gasteiger partial charge in [-0.3, -0.25) is 19.7 Å². The van der Waals surface area contributed by atoms with E-state index < -0.39 is 17.1 Å². The number of nitrogens with zero attached hydrogens (tertiary/aromatic N) is 2. The summed E-state index contributed by atoms with van der Waals surface area (Å²) in [6.07, 6.45) is 0.108. The van der Waals surface area contributed by atoms with E-state index in [2.05, 4.69) is 21.6 Å². The van der Waals surface area contributed by atoms with Crippen LogP contribution in [0.5, 0.6) is 0 Å². The fourth-order valence-corrected chi connectivity index (χ4v) is 4.30. The van der Waals surface area contributed by atoms with Crippen LogP contribution in [0, 0.1) is 6.92 Å². The number of nitrogens with one attached hydrogen (secondary N) is 2. The number of piperazine rings is 1. The smallest absolute Gasteiger partial charge is 0.308 e. The Bertz CT molecular complexity index is 911. The van der Waals surface area contributed by atoms with Gasteiger partial charge in [-0.25, -0.2) is 0 Å². The van der Waals surface area contributed by atoms with E-state index in [0.29, 0.717) is 26.2 Å². The topological polar surface area (TPSA) is 100 Å². The summed E-state index contributed by atoms with van der Waals surface area (Å²) in [7, 11) is 0. The molecule has 2 fully saturated rings. The molecule has 2 N–H and O–H groups in total. The van der Waals surface area contributed by atoms with Gasteiger partial charge in [0, 0.05) is 43.3 Å². The quantitative estimate of drug-likeness (QED) is 0.585. The van der Waals surface area contributed by atoms with E-state index in [4.69, 9.17) is 21.1 Å². The molecule has 0 aliphatic carbocycles. The highest BCUT2D eigenvalue weighted by molar-refractivity contribution is 6.31. The molecule has 188 valence electrons. The van der Waals surface area contributed by atoms with Crippen molar-refractivity contribution in [3.8, 4) is 0 Å². The molecule has 2 saturated heterocycles. The largest absolute Gasteiger partial charge is 0.460 e. The predicted octanol–water partition coefficient (Wildman–Crippen LogP) is 2.20. The highest BCUT2D eigenvalue weighted by atomic mass is 35.5. The molecule has 3 rings (SSSR count). The third-order valence-corrected chi connectivity index (χ3v) is 6.48. The Kier molecular flexibility index (Phi) is 8.43. The Labute approximate surface area is 206 Å². The zero-order chi connectivity index (χ0) is 24.9. The Morgan fingerprint density at radius 2 is 1.88 bits per heavy atom. The molecule has 2 heterocycles. The van der Waals surface area contributed by atoms with Gasteiger partial charge in [-0.15, -0.1) is 0 Å². The van der Waals surface area contributed by atoms with E-state index in [1.807, 2.05) is 24.0 Å². The fraction of sp³-hybridized carbons (Fsp3) is 0.625. The van der Waals surface area contributed by atoms with E-state index in [-0.39, 0.29) is 44.5 Å². The monoisotopic (exact) mass is 494 g/mol. The van der Waals surface area contributed by atoms with Gasteiger partial charge in [0.1, 0.15) is 17.9 Å². The third kappa shape index (κ3) is 6.84. The summed E-state index contributed by atoms with van der Waals surface area (Å²) < 4.78 is 10.7. The van der Waals surface area contributed by atoms with Crippen molar-refractivity contribution in [1.82, 2.24) is 15.5 Å². The summed E-state index contributed by atoms with van der Waals surface area (Å²) in [5, 5.41) is 6.44. The van der Waals surface area contributed by atoms with E-state index in [1.54, 1.807) is 20.8 Å².